The van der Waals surface area contributed by atoms with Crippen LogP contribution in [0.5, 0.6) is 11.5 Å². The highest BCUT2D eigenvalue weighted by atomic mass is 16.3. The molecule has 2 heteroatoms. The van der Waals surface area contributed by atoms with Crippen LogP contribution in [0, 0.1) is 0 Å². The molecule has 2 aromatic carbocycles. The van der Waals surface area contributed by atoms with Gasteiger partial charge in [0, 0.05) is 0 Å². The molecule has 2 nitrogen and oxygen atoms in total. The highest BCUT2D eigenvalue weighted by Crippen LogP contribution is 2.37. The van der Waals surface area contributed by atoms with E-state index in [1.165, 1.54) is 42.4 Å². The molecule has 27 heavy (non-hydrogen) atoms. The summed E-state index contributed by atoms with van der Waals surface area (Å²) in [6.45, 7) is 2.24. The van der Waals surface area contributed by atoms with Crippen LogP contribution in [-0.4, -0.2) is 10.2 Å². The van der Waals surface area contributed by atoms with Gasteiger partial charge < -0.3 is 10.2 Å². The van der Waals surface area contributed by atoms with Crippen molar-refractivity contribution >= 4 is 5.57 Å². The van der Waals surface area contributed by atoms with Gasteiger partial charge in [0.2, 0.25) is 0 Å². The van der Waals surface area contributed by atoms with Crippen LogP contribution >= 0.6 is 0 Å². The van der Waals surface area contributed by atoms with Gasteiger partial charge in [0.25, 0.3) is 0 Å². The van der Waals surface area contributed by atoms with Gasteiger partial charge in [-0.15, -0.1) is 0 Å². The molecule has 2 aromatic rings. The second-order valence-corrected chi connectivity index (χ2v) is 7.80. The molecule has 0 saturated heterocycles. The van der Waals surface area contributed by atoms with Gasteiger partial charge in [0.15, 0.2) is 0 Å². The summed E-state index contributed by atoms with van der Waals surface area (Å²) in [6.07, 6.45) is 12.8. The Morgan fingerprint density at radius 3 is 2.41 bits per heavy atom. The van der Waals surface area contributed by atoms with Crippen molar-refractivity contribution in [3.63, 3.8) is 0 Å². The van der Waals surface area contributed by atoms with Gasteiger partial charge >= 0.3 is 0 Å². The van der Waals surface area contributed by atoms with Crippen molar-refractivity contribution in [3.8, 4) is 11.5 Å². The first-order chi connectivity index (χ1) is 13.2. The first-order valence-corrected chi connectivity index (χ1v) is 10.5. The van der Waals surface area contributed by atoms with Crippen molar-refractivity contribution in [1.82, 2.24) is 0 Å². The highest BCUT2D eigenvalue weighted by Gasteiger charge is 2.17. The summed E-state index contributed by atoms with van der Waals surface area (Å²) < 4.78 is 0. The van der Waals surface area contributed by atoms with Crippen LogP contribution in [0.15, 0.2) is 48.5 Å². The Balaban J connectivity index is 1.62. The van der Waals surface area contributed by atoms with Crippen molar-refractivity contribution < 1.29 is 10.2 Å². The lowest BCUT2D eigenvalue weighted by Gasteiger charge is -2.23. The van der Waals surface area contributed by atoms with Gasteiger partial charge in [-0.3, -0.25) is 0 Å². The van der Waals surface area contributed by atoms with Crippen LogP contribution in [0.2, 0.25) is 0 Å². The number of phenolic OH excluding ortho intramolecular Hbond substituents is 2. The molecular formula is C25H32O2. The van der Waals surface area contributed by atoms with Crippen molar-refractivity contribution in [3.05, 3.63) is 65.2 Å². The lowest BCUT2D eigenvalue weighted by atomic mass is 9.82. The first-order valence-electron chi connectivity index (χ1n) is 10.5. The van der Waals surface area contributed by atoms with Crippen LogP contribution < -0.4 is 0 Å². The number of phenols is 2. The highest BCUT2D eigenvalue weighted by molar-refractivity contribution is 5.68. The minimum Gasteiger partial charge on any atom is -0.508 e. The van der Waals surface area contributed by atoms with E-state index in [0.29, 0.717) is 17.4 Å². The largest absolute Gasteiger partial charge is 0.508 e. The van der Waals surface area contributed by atoms with E-state index in [1.807, 2.05) is 18.2 Å². The Bertz CT molecular complexity index is 758. The van der Waals surface area contributed by atoms with Gasteiger partial charge in [-0.2, -0.15) is 0 Å². The molecule has 1 atom stereocenters. The van der Waals surface area contributed by atoms with Crippen LogP contribution in [0.3, 0.4) is 0 Å². The molecule has 3 rings (SSSR count). The summed E-state index contributed by atoms with van der Waals surface area (Å²) in [5, 5.41) is 19.7. The fourth-order valence-corrected chi connectivity index (χ4v) is 4.05. The van der Waals surface area contributed by atoms with Crippen LogP contribution in [0.1, 0.15) is 80.9 Å². The van der Waals surface area contributed by atoms with Gasteiger partial charge in [0.1, 0.15) is 11.5 Å². The predicted molar refractivity (Wildman–Crippen MR) is 113 cm³/mol. The maximum Gasteiger partial charge on any atom is 0.118 e. The third-order valence-corrected chi connectivity index (χ3v) is 5.78. The SMILES string of the molecule is CCCCCCCc1cc(C2=CCC(c3ccc(O)cc3)CC2)ccc1O. The smallest absolute Gasteiger partial charge is 0.118 e. The number of hydrogen-bond acceptors (Lipinski definition) is 2. The third kappa shape index (κ3) is 5.38. The topological polar surface area (TPSA) is 40.5 Å². The van der Waals surface area contributed by atoms with E-state index in [2.05, 4.69) is 25.1 Å². The average molecular weight is 365 g/mol. The minimum absolute atomic E-state index is 0.331. The number of allylic oxidation sites excluding steroid dienone is 2. The Morgan fingerprint density at radius 2 is 1.70 bits per heavy atom. The van der Waals surface area contributed by atoms with E-state index in [-0.39, 0.29) is 0 Å². The maximum absolute atomic E-state index is 10.2. The Morgan fingerprint density at radius 1 is 0.926 bits per heavy atom. The number of unbranched alkanes of at least 4 members (excludes halogenated alkanes) is 4. The van der Waals surface area contributed by atoms with E-state index >= 15 is 0 Å². The molecule has 0 heterocycles. The van der Waals surface area contributed by atoms with Crippen LogP contribution in [-0.2, 0) is 6.42 Å². The zero-order valence-electron chi connectivity index (χ0n) is 16.5. The van der Waals surface area contributed by atoms with Crippen LogP contribution in [0.25, 0.3) is 5.57 Å². The monoisotopic (exact) mass is 364 g/mol. The number of aromatic hydroxyl groups is 2. The van der Waals surface area contributed by atoms with E-state index in [1.54, 1.807) is 12.1 Å². The summed E-state index contributed by atoms with van der Waals surface area (Å²) in [5.74, 6) is 1.30. The molecule has 0 aromatic heterocycles. The molecule has 0 aliphatic heterocycles. The standard InChI is InChI=1S/C25H32O2/c1-2-3-4-5-6-7-23-18-22(14-17-25(23)27)21-10-8-19(9-11-21)20-12-15-24(26)16-13-20/h10,12-19,26-27H,2-9,11H2,1H3. The second kappa shape index (κ2) is 9.64. The number of hydrogen-bond donors (Lipinski definition) is 2. The van der Waals surface area contributed by atoms with E-state index in [9.17, 15) is 10.2 Å². The van der Waals surface area contributed by atoms with Gasteiger partial charge in [-0.05, 0) is 84.6 Å². The molecule has 0 spiro atoms. The lowest BCUT2D eigenvalue weighted by molar-refractivity contribution is 0.466. The summed E-state index contributed by atoms with van der Waals surface area (Å²) in [7, 11) is 0. The fraction of sp³-hybridized carbons (Fsp3) is 0.440. The van der Waals surface area contributed by atoms with Crippen molar-refractivity contribution in [2.24, 2.45) is 0 Å². The van der Waals surface area contributed by atoms with E-state index < -0.39 is 0 Å². The normalized spacial score (nSPS) is 16.9. The Kier molecular flexibility index (Phi) is 6.98. The summed E-state index contributed by atoms with van der Waals surface area (Å²) >= 11 is 0. The number of rotatable bonds is 8. The molecule has 1 aliphatic rings. The molecule has 2 N–H and O–H groups in total. The van der Waals surface area contributed by atoms with E-state index in [4.69, 9.17) is 0 Å². The van der Waals surface area contributed by atoms with Gasteiger partial charge in [0.05, 0.1) is 0 Å². The first kappa shape index (κ1) is 19.5. The van der Waals surface area contributed by atoms with Crippen molar-refractivity contribution in [2.45, 2.75) is 70.6 Å². The molecule has 0 amide bonds. The van der Waals surface area contributed by atoms with Gasteiger partial charge in [-0.25, -0.2) is 0 Å². The van der Waals surface area contributed by atoms with Crippen molar-refractivity contribution in [1.29, 1.82) is 0 Å². The third-order valence-electron chi connectivity index (χ3n) is 5.78. The molecule has 0 radical (unpaired) electrons. The number of benzene rings is 2. The number of aryl methyl sites for hydroxylation is 1. The van der Waals surface area contributed by atoms with Crippen molar-refractivity contribution in [2.75, 3.05) is 0 Å². The fourth-order valence-electron chi connectivity index (χ4n) is 4.05. The molecule has 1 aliphatic carbocycles. The molecule has 1 unspecified atom stereocenters. The summed E-state index contributed by atoms with van der Waals surface area (Å²) in [4.78, 5) is 0. The summed E-state index contributed by atoms with van der Waals surface area (Å²) in [5.41, 5.74) is 5.06. The van der Waals surface area contributed by atoms with Crippen LogP contribution in [0.4, 0.5) is 0 Å². The zero-order chi connectivity index (χ0) is 19.1. The summed E-state index contributed by atoms with van der Waals surface area (Å²) in [6, 6.07) is 13.8. The maximum atomic E-state index is 10.2. The predicted octanol–water partition coefficient (Wildman–Crippen LogP) is 6.96. The average Bonchev–Trinajstić information content (AvgIpc) is 2.70. The Hall–Kier alpha value is -2.22. The second-order valence-electron chi connectivity index (χ2n) is 7.80. The van der Waals surface area contributed by atoms with E-state index in [0.717, 1.165) is 37.7 Å². The zero-order valence-corrected chi connectivity index (χ0v) is 16.5. The Labute approximate surface area is 163 Å². The molecule has 0 bridgehead atoms. The molecule has 0 saturated carbocycles. The molecular weight excluding hydrogens is 332 g/mol. The minimum atomic E-state index is 0.331. The molecule has 0 fully saturated rings. The lowest BCUT2D eigenvalue weighted by Crippen LogP contribution is -2.04. The quantitative estimate of drug-likeness (QED) is 0.497. The van der Waals surface area contributed by atoms with Gasteiger partial charge in [-0.1, -0.05) is 56.9 Å². The molecule has 144 valence electrons.